The summed E-state index contributed by atoms with van der Waals surface area (Å²) in [4.78, 5) is 74.2. The first-order valence-electron chi connectivity index (χ1n) is 26.7. The number of H-pyrrole nitrogens is 3. The van der Waals surface area contributed by atoms with E-state index in [1.54, 1.807) is 0 Å². The summed E-state index contributed by atoms with van der Waals surface area (Å²) in [6.07, 6.45) is -12.6. The zero-order valence-electron chi connectivity index (χ0n) is 49.7. The van der Waals surface area contributed by atoms with E-state index in [-0.39, 0.29) is 61.2 Å². The Labute approximate surface area is 494 Å². The molecule has 0 amide bonds. The number of hydrogen-bond donors (Lipinski definition) is 8. The highest BCUT2D eigenvalue weighted by Gasteiger charge is 2.49. The molecule has 8 N–H and O–H groups in total. The largest absolute Gasteiger partial charge is 0.400 e. The molecular weight excluding hydrogens is 1170 g/mol. The Morgan fingerprint density at radius 1 is 0.675 bits per heavy atom. The Kier molecular flexibility index (Phi) is 37.3. The van der Waals surface area contributed by atoms with Crippen LogP contribution in [0.4, 0.5) is 13.2 Å². The summed E-state index contributed by atoms with van der Waals surface area (Å²) in [7, 11) is -0.292. The third kappa shape index (κ3) is 24.4. The number of aromatic nitrogens is 6. The van der Waals surface area contributed by atoms with Crippen molar-refractivity contribution >= 4 is 27.4 Å². The van der Waals surface area contributed by atoms with Crippen LogP contribution in [-0.4, -0.2) is 180 Å². The van der Waals surface area contributed by atoms with E-state index < -0.39 is 130 Å². The van der Waals surface area contributed by atoms with Gasteiger partial charge in [-0.15, -0.1) is 0 Å². The van der Waals surface area contributed by atoms with Gasteiger partial charge < -0.3 is 53.3 Å². The number of aliphatic hydroxyl groups is 5. The van der Waals surface area contributed by atoms with Crippen LogP contribution in [0.2, 0.25) is 0 Å². The maximum atomic E-state index is 15.1. The van der Waals surface area contributed by atoms with Crippen LogP contribution in [0.5, 0.6) is 0 Å². The lowest BCUT2D eigenvalue weighted by Crippen LogP contribution is -2.40. The fourth-order valence-corrected chi connectivity index (χ4v) is 11.6. The second-order valence-electron chi connectivity index (χ2n) is 17.9. The van der Waals surface area contributed by atoms with Gasteiger partial charge in [-0.25, -0.2) is 36.9 Å². The number of aliphatic hydroxyl groups excluding tert-OH is 5. The summed E-state index contributed by atoms with van der Waals surface area (Å²) in [5.74, 6) is 0. The molecule has 0 aromatic carbocycles. The van der Waals surface area contributed by atoms with Gasteiger partial charge in [-0.1, -0.05) is 22.3 Å². The minimum atomic E-state index is -1.80. The molecule has 14 atom stereocenters. The van der Waals surface area contributed by atoms with Crippen LogP contribution in [0.1, 0.15) is 126 Å². The summed E-state index contributed by atoms with van der Waals surface area (Å²) in [6.45, 7) is 15.3. The number of hydrogen-bond acceptors (Lipinski definition) is 21. The number of nitrogens with zero attached hydrogens (tertiary/aromatic N) is 7. The van der Waals surface area contributed by atoms with Crippen LogP contribution in [0.3, 0.4) is 0 Å². The minimum Gasteiger partial charge on any atom is -0.400 e. The van der Waals surface area contributed by atoms with Crippen LogP contribution in [0.15, 0.2) is 65.6 Å². The number of alkyl halides is 3. The number of ether oxygens (including phenoxy) is 3. The summed E-state index contributed by atoms with van der Waals surface area (Å²) in [5.41, 5.74) is -4.15. The van der Waals surface area contributed by atoms with E-state index in [1.165, 1.54) is 20.4 Å². The fourth-order valence-electron chi connectivity index (χ4n) is 7.54. The van der Waals surface area contributed by atoms with Gasteiger partial charge in [0.1, 0.15) is 24.4 Å². The van der Waals surface area contributed by atoms with Crippen molar-refractivity contribution < 1.29 is 69.2 Å². The molecule has 3 aromatic heterocycles. The molecule has 83 heavy (non-hydrogen) atoms. The highest BCUT2D eigenvalue weighted by Crippen LogP contribution is 2.51. The zero-order chi connectivity index (χ0) is 64.1. The van der Waals surface area contributed by atoms with Crippen LogP contribution < -0.4 is 33.7 Å². The maximum absolute atomic E-state index is 15.1. The van der Waals surface area contributed by atoms with Crippen LogP contribution in [0.25, 0.3) is 0 Å². The Morgan fingerprint density at radius 2 is 1.04 bits per heavy atom. The van der Waals surface area contributed by atoms with Gasteiger partial charge in [0.05, 0.1) is 57.0 Å². The van der Waals surface area contributed by atoms with E-state index in [4.69, 9.17) is 60.3 Å². The van der Waals surface area contributed by atoms with E-state index >= 15 is 4.39 Å². The Bertz CT molecular complexity index is 2710. The molecule has 3 aliphatic rings. The Hall–Kier alpha value is -4.56. The smallest absolute Gasteiger partial charge is 0.330 e. The van der Waals surface area contributed by atoms with E-state index in [2.05, 4.69) is 47.6 Å². The van der Waals surface area contributed by atoms with E-state index in [0.717, 1.165) is 44.3 Å². The lowest BCUT2D eigenvalue weighted by molar-refractivity contribution is -0.0537. The molecule has 3 aromatic rings. The lowest BCUT2D eigenvalue weighted by Gasteiger charge is -2.37. The van der Waals surface area contributed by atoms with Crippen molar-refractivity contribution in [2.45, 2.75) is 202 Å². The highest BCUT2D eigenvalue weighted by atomic mass is 35.7. The third-order valence-electron chi connectivity index (χ3n) is 10.9. The standard InChI is InChI=1S/C18H28FN4O5P.C9H18ClN2OP.C9H11FN2O5.C9H11FN2O4.2CH4O.3CH4/c1-11(2)23(12(3)4)29(26-10-6-8-20)28-16-15(19)13(5)27-17(16)22-9-7-14(24)21-18(22)25;1-8(2)12(9(3)4)14(10)13-7-5-6-11;10-6-4(3-13)17-8(7(6)15)12-2-1-5(14)11-9(12)16;1-4-6(10)7(14)8(16-4)12-3-2-5(13)11-9(12)15;2*1-2;;;/h7,9,11-13,15-17H,6,10H2,1-5H3,(H,21,24,25);8-9H,5,7H2,1-4H3;1-2,4,6-8,13,15H,3H2,(H,11,14,16);2-4,6-8,14H,1H3,(H,11,13,15);2*2H,1H3;3*1H4/t13-,15+,16?,17-,29?;;2*4-,6+,7?,8-;;;;;/m1.11...../s1/i5D;;;1D;2*2T;;;. The first-order chi connectivity index (χ1) is 39.6. The first-order valence-corrected chi connectivity index (χ1v) is 27.7. The lowest BCUT2D eigenvalue weighted by atomic mass is 10.1. The van der Waals surface area contributed by atoms with Crippen molar-refractivity contribution in [1.82, 2.24) is 38.0 Å². The number of nitriles is 2. The fraction of sp³-hybridized carbons (Fsp3) is 0.720. The topological polar surface area (TPSA) is 375 Å². The van der Waals surface area contributed by atoms with Crippen molar-refractivity contribution in [3.63, 3.8) is 0 Å². The number of halogens is 4. The molecule has 0 radical (unpaired) electrons. The average Bonchev–Trinajstić information content (AvgIpc) is 2.00. The summed E-state index contributed by atoms with van der Waals surface area (Å²) >= 11 is 6.13. The maximum Gasteiger partial charge on any atom is 0.330 e. The Balaban J connectivity index is -0.00000108. The molecule has 33 heteroatoms. The van der Waals surface area contributed by atoms with Gasteiger partial charge in [-0.05, 0) is 80.4 Å². The molecule has 0 bridgehead atoms. The van der Waals surface area contributed by atoms with E-state index in [0.29, 0.717) is 25.1 Å². The predicted molar refractivity (Wildman–Crippen MR) is 308 cm³/mol. The summed E-state index contributed by atoms with van der Waals surface area (Å²) in [6, 6.07) is 8.00. The molecule has 27 nitrogen and oxygen atoms in total. The van der Waals surface area contributed by atoms with Crippen molar-refractivity contribution in [3.05, 3.63) is 99.3 Å². The molecule has 3 fully saturated rings. The van der Waals surface area contributed by atoms with Crippen LogP contribution in [-0.2, 0) is 27.8 Å². The number of nitrogens with one attached hydrogen (secondary N) is 3. The molecule has 3 saturated heterocycles. The molecule has 5 unspecified atom stereocenters. The monoisotopic (exact) mass is 1260 g/mol. The Morgan fingerprint density at radius 3 is 1.39 bits per heavy atom. The normalized spacial score (nSPS) is 25.4. The molecule has 478 valence electrons. The van der Waals surface area contributed by atoms with Crippen molar-refractivity contribution in [2.24, 2.45) is 0 Å². The number of rotatable bonds is 18. The molecule has 3 aliphatic heterocycles. The van der Waals surface area contributed by atoms with Gasteiger partial charge in [-0.2, -0.15) is 10.5 Å². The van der Waals surface area contributed by atoms with Crippen LogP contribution in [0, 0.1) is 22.7 Å². The van der Waals surface area contributed by atoms with Crippen LogP contribution >= 0.6 is 27.4 Å². The second-order valence-corrected chi connectivity index (χ2v) is 21.3. The zero-order valence-corrected chi connectivity index (χ0v) is 48.3. The van der Waals surface area contributed by atoms with Gasteiger partial charge in [-0.3, -0.25) is 43.0 Å². The first kappa shape index (κ1) is 74.5. The number of aromatic amines is 3. The predicted octanol–water partition coefficient (Wildman–Crippen LogP) is 4.36. The summed E-state index contributed by atoms with van der Waals surface area (Å²) in [5, 5.41) is 52.1. The quantitative estimate of drug-likeness (QED) is 0.0648. The second kappa shape index (κ2) is 41.5. The molecular formula is C50H88ClF3N10O17P2. The molecule has 6 heterocycles. The van der Waals surface area contributed by atoms with Crippen molar-refractivity contribution in [1.29, 1.82) is 13.4 Å². The van der Waals surface area contributed by atoms with Gasteiger partial charge in [0.25, 0.3) is 25.2 Å². The average molecular weight is 1260 g/mol. The van der Waals surface area contributed by atoms with E-state index in [9.17, 15) is 47.8 Å². The van der Waals surface area contributed by atoms with E-state index in [1.807, 2.05) is 54.5 Å². The van der Waals surface area contributed by atoms with Crippen molar-refractivity contribution in [3.8, 4) is 12.1 Å². The van der Waals surface area contributed by atoms with Gasteiger partial charge in [0, 0.05) is 77.9 Å². The minimum absolute atomic E-state index is 0. The molecule has 0 aliphatic carbocycles. The highest BCUT2D eigenvalue weighted by molar-refractivity contribution is 7.78. The van der Waals surface area contributed by atoms with Gasteiger partial charge >= 0.3 is 17.1 Å². The summed E-state index contributed by atoms with van der Waals surface area (Å²) < 4.78 is 108. The molecule has 0 spiro atoms. The third-order valence-corrected chi connectivity index (χ3v) is 15.5. The van der Waals surface area contributed by atoms with Gasteiger partial charge in [0.15, 0.2) is 37.2 Å². The molecule has 0 saturated carbocycles. The van der Waals surface area contributed by atoms with Crippen molar-refractivity contribution in [2.75, 3.05) is 34.0 Å². The van der Waals surface area contributed by atoms with Gasteiger partial charge in [0.2, 0.25) is 10.5 Å². The molecule has 6 rings (SSSR count). The SMILES string of the molecule is C.C.C.CC(C)N(C(C)C)P(Cl)OCCC#N.O=c1ccn([C@@H]2O[C@H](CO)[C@H](F)C2O)c(=O)[nH]1.[2H]C[C@H]1O[C@@H](n2ccc(=O)[nH]c2=O)C(O)[C@H]1F.[2H]C[C@H]1O[C@@H](n2ccc(=O)[nH]c2=O)C(OP(OCCC#N)N(C(C)C)C(C)C)[C@H]1F.[3H]OC.[3H]OC.